The summed E-state index contributed by atoms with van der Waals surface area (Å²) < 4.78 is 11.6. The number of aliphatic carboxylic acids is 1. The molecule has 27 heavy (non-hydrogen) atoms. The van der Waals surface area contributed by atoms with Crippen molar-refractivity contribution in [3.05, 3.63) is 18.0 Å². The average Bonchev–Trinajstić information content (AvgIpc) is 3.16. The molecule has 4 atom stereocenters. The van der Waals surface area contributed by atoms with Crippen LogP contribution in [0.5, 0.6) is 0 Å². The zero-order valence-electron chi connectivity index (χ0n) is 15.8. The second-order valence-electron chi connectivity index (χ2n) is 7.93. The molecule has 3 N–H and O–H groups in total. The third-order valence-electron chi connectivity index (χ3n) is 4.70. The molecule has 1 aromatic rings. The molecule has 3 rings (SSSR count). The van der Waals surface area contributed by atoms with Gasteiger partial charge in [0.05, 0.1) is 37.4 Å². The third-order valence-corrected chi connectivity index (χ3v) is 4.70. The largest absolute Gasteiger partial charge is 0.481 e. The fraction of sp³-hybridized carbons (Fsp3) is 0.667. The van der Waals surface area contributed by atoms with E-state index in [0.29, 0.717) is 19.2 Å². The molecule has 2 fully saturated rings. The Kier molecular flexibility index (Phi) is 5.61. The first kappa shape index (κ1) is 19.5. The van der Waals surface area contributed by atoms with Gasteiger partial charge in [0, 0.05) is 18.0 Å². The Morgan fingerprint density at radius 1 is 1.19 bits per heavy atom. The molecule has 0 bridgehead atoms. The number of anilines is 1. The van der Waals surface area contributed by atoms with Gasteiger partial charge < -0.3 is 25.2 Å². The van der Waals surface area contributed by atoms with Gasteiger partial charge in [-0.3, -0.25) is 9.59 Å². The van der Waals surface area contributed by atoms with E-state index in [2.05, 4.69) is 41.4 Å². The predicted molar refractivity (Wildman–Crippen MR) is 96.4 cm³/mol. The van der Waals surface area contributed by atoms with Gasteiger partial charge in [-0.2, -0.15) is 0 Å². The number of ether oxygens (including phenoxy) is 2. The Morgan fingerprint density at radius 2 is 1.85 bits per heavy atom. The number of carbonyl (C=O) groups excluding carboxylic acids is 1. The Labute approximate surface area is 157 Å². The Bertz CT molecular complexity index is 705. The Hall–Kier alpha value is -2.26. The van der Waals surface area contributed by atoms with Crippen molar-refractivity contribution >= 4 is 17.8 Å². The van der Waals surface area contributed by atoms with E-state index in [1.165, 1.54) is 0 Å². The van der Waals surface area contributed by atoms with Gasteiger partial charge in [-0.1, -0.05) is 20.8 Å². The minimum absolute atomic E-state index is 0.0572. The number of nitrogens with zero attached hydrogens (tertiary/aromatic N) is 2. The highest BCUT2D eigenvalue weighted by molar-refractivity contribution is 5.80. The van der Waals surface area contributed by atoms with Crippen molar-refractivity contribution in [2.75, 3.05) is 18.5 Å². The van der Waals surface area contributed by atoms with E-state index in [9.17, 15) is 9.59 Å². The highest BCUT2D eigenvalue weighted by atomic mass is 16.6. The number of aromatic nitrogens is 2. The molecule has 2 aliphatic heterocycles. The number of carboxylic acid groups (broad SMARTS) is 1. The molecule has 9 nitrogen and oxygen atoms in total. The van der Waals surface area contributed by atoms with Crippen LogP contribution in [0, 0.1) is 0 Å². The fourth-order valence-electron chi connectivity index (χ4n) is 3.26. The summed E-state index contributed by atoms with van der Waals surface area (Å²) >= 11 is 0. The topological polar surface area (TPSA) is 123 Å². The number of hydrogen-bond donors (Lipinski definition) is 3. The van der Waals surface area contributed by atoms with Crippen LogP contribution in [0.2, 0.25) is 0 Å². The summed E-state index contributed by atoms with van der Waals surface area (Å²) in [6.07, 6.45) is 0.974. The van der Waals surface area contributed by atoms with Gasteiger partial charge in [0.2, 0.25) is 11.9 Å². The summed E-state index contributed by atoms with van der Waals surface area (Å²) in [6, 6.07) is 1.49. The van der Waals surface area contributed by atoms with Crippen LogP contribution in [-0.2, 0) is 24.5 Å². The summed E-state index contributed by atoms with van der Waals surface area (Å²) in [5.41, 5.74) is 0.856. The SMILES string of the molecule is CC(C)(C)c1ccnc(NC2COC3C(NC(=O)CCC(=O)O)COC23)n1. The van der Waals surface area contributed by atoms with Gasteiger partial charge in [-0.15, -0.1) is 0 Å². The van der Waals surface area contributed by atoms with Gasteiger partial charge in [0.25, 0.3) is 0 Å². The van der Waals surface area contributed by atoms with Gasteiger partial charge in [0.15, 0.2) is 0 Å². The summed E-state index contributed by atoms with van der Waals surface area (Å²) in [6.45, 7) is 7.01. The maximum Gasteiger partial charge on any atom is 0.303 e. The fourth-order valence-corrected chi connectivity index (χ4v) is 3.26. The number of carboxylic acids is 1. The molecule has 9 heteroatoms. The van der Waals surface area contributed by atoms with Crippen molar-refractivity contribution in [1.29, 1.82) is 0 Å². The monoisotopic (exact) mass is 378 g/mol. The number of carbonyl (C=O) groups is 2. The predicted octanol–water partition coefficient (Wildman–Crippen LogP) is 0.702. The van der Waals surface area contributed by atoms with E-state index < -0.39 is 5.97 Å². The molecule has 0 spiro atoms. The van der Waals surface area contributed by atoms with E-state index in [0.717, 1.165) is 5.69 Å². The number of rotatable bonds is 6. The lowest BCUT2D eigenvalue weighted by Gasteiger charge is -2.21. The summed E-state index contributed by atoms with van der Waals surface area (Å²) in [5, 5.41) is 14.8. The van der Waals surface area contributed by atoms with E-state index in [-0.39, 0.29) is 48.5 Å². The lowest BCUT2D eigenvalue weighted by Crippen LogP contribution is -2.44. The van der Waals surface area contributed by atoms with E-state index in [4.69, 9.17) is 14.6 Å². The van der Waals surface area contributed by atoms with Gasteiger partial charge >= 0.3 is 5.97 Å². The number of fused-ring (bicyclic) bond motifs is 1. The van der Waals surface area contributed by atoms with Gasteiger partial charge in [-0.05, 0) is 6.07 Å². The second-order valence-corrected chi connectivity index (χ2v) is 7.93. The number of nitrogens with one attached hydrogen (secondary N) is 2. The van der Waals surface area contributed by atoms with Crippen LogP contribution in [0.1, 0.15) is 39.3 Å². The van der Waals surface area contributed by atoms with Crippen LogP contribution in [-0.4, -0.2) is 64.5 Å². The molecule has 3 heterocycles. The Morgan fingerprint density at radius 3 is 2.52 bits per heavy atom. The first-order chi connectivity index (χ1) is 12.7. The van der Waals surface area contributed by atoms with E-state index >= 15 is 0 Å². The molecule has 0 aliphatic carbocycles. The molecule has 2 saturated heterocycles. The molecule has 0 aromatic carbocycles. The summed E-state index contributed by atoms with van der Waals surface area (Å²) in [4.78, 5) is 31.3. The second kappa shape index (κ2) is 7.77. The minimum atomic E-state index is -0.996. The lowest BCUT2D eigenvalue weighted by atomic mass is 9.92. The first-order valence-electron chi connectivity index (χ1n) is 9.08. The quantitative estimate of drug-likeness (QED) is 0.661. The molecule has 148 valence electrons. The maximum absolute atomic E-state index is 11.9. The average molecular weight is 378 g/mol. The maximum atomic E-state index is 11.9. The van der Waals surface area contributed by atoms with Crippen LogP contribution in [0.4, 0.5) is 5.95 Å². The lowest BCUT2D eigenvalue weighted by molar-refractivity contribution is -0.139. The highest BCUT2D eigenvalue weighted by Crippen LogP contribution is 2.29. The highest BCUT2D eigenvalue weighted by Gasteiger charge is 2.48. The minimum Gasteiger partial charge on any atom is -0.481 e. The van der Waals surface area contributed by atoms with Crippen molar-refractivity contribution in [2.24, 2.45) is 0 Å². The van der Waals surface area contributed by atoms with Crippen LogP contribution in [0.15, 0.2) is 12.3 Å². The van der Waals surface area contributed by atoms with Crippen LogP contribution in [0.25, 0.3) is 0 Å². The zero-order valence-corrected chi connectivity index (χ0v) is 15.8. The third kappa shape index (κ3) is 4.72. The number of amides is 1. The van der Waals surface area contributed by atoms with E-state index in [1.54, 1.807) is 6.20 Å². The van der Waals surface area contributed by atoms with E-state index in [1.807, 2.05) is 6.07 Å². The number of hydrogen-bond acceptors (Lipinski definition) is 7. The van der Waals surface area contributed by atoms with Gasteiger partial charge in [0.1, 0.15) is 12.2 Å². The molecule has 4 unspecified atom stereocenters. The normalized spacial score (nSPS) is 27.2. The molecule has 1 aromatic heterocycles. The molecule has 0 radical (unpaired) electrons. The zero-order chi connectivity index (χ0) is 19.6. The van der Waals surface area contributed by atoms with Crippen molar-refractivity contribution < 1.29 is 24.2 Å². The van der Waals surface area contributed by atoms with Crippen LogP contribution in [0.3, 0.4) is 0 Å². The molecule has 2 aliphatic rings. The first-order valence-corrected chi connectivity index (χ1v) is 9.08. The summed E-state index contributed by atoms with van der Waals surface area (Å²) in [5.74, 6) is -0.786. The smallest absolute Gasteiger partial charge is 0.303 e. The van der Waals surface area contributed by atoms with Crippen molar-refractivity contribution in [3.63, 3.8) is 0 Å². The van der Waals surface area contributed by atoms with Crippen molar-refractivity contribution in [2.45, 2.75) is 63.3 Å². The summed E-state index contributed by atoms with van der Waals surface area (Å²) in [7, 11) is 0. The molecular weight excluding hydrogens is 352 g/mol. The molecule has 0 saturated carbocycles. The van der Waals surface area contributed by atoms with Crippen molar-refractivity contribution in [3.8, 4) is 0 Å². The standard InChI is InChI=1S/C18H26N4O5/c1-18(2,3)12-6-7-19-17(22-12)21-11-9-27-15-10(8-26-16(11)15)20-13(23)4-5-14(24)25/h6-7,10-11,15-16H,4-5,8-9H2,1-3H3,(H,20,23)(H,24,25)(H,19,21,22). The van der Waals surface area contributed by atoms with Crippen LogP contribution < -0.4 is 10.6 Å². The van der Waals surface area contributed by atoms with Crippen LogP contribution >= 0.6 is 0 Å². The van der Waals surface area contributed by atoms with Crippen molar-refractivity contribution in [1.82, 2.24) is 15.3 Å². The van der Waals surface area contributed by atoms with Gasteiger partial charge in [-0.25, -0.2) is 9.97 Å². The molecular formula is C18H26N4O5. The Balaban J connectivity index is 1.58. The molecule has 1 amide bonds.